The molecule has 340 valence electrons. The SMILES string of the molecule is O=C[C@H](CCC(=O)O)CC(=O)COCCOCCNC(=O)COCCOCCCC(=O)CC[C@H](NC(=O)CCCCCCCCCCCCCCCCC(=O)O)C(=O)O. The van der Waals surface area contributed by atoms with Crippen LogP contribution in [0.5, 0.6) is 0 Å². The lowest BCUT2D eigenvalue weighted by atomic mass is 9.99. The van der Waals surface area contributed by atoms with Gasteiger partial charge in [-0.05, 0) is 32.1 Å². The van der Waals surface area contributed by atoms with Gasteiger partial charge in [-0.3, -0.25) is 28.8 Å². The Bertz CT molecular complexity index is 1180. The Labute approximate surface area is 349 Å². The molecule has 0 heterocycles. The number of Topliss-reactive ketones (excluding diaryl/α,β-unsaturated/α-hetero) is 2. The smallest absolute Gasteiger partial charge is 0.326 e. The third kappa shape index (κ3) is 39.4. The number of ketones is 2. The molecule has 0 saturated carbocycles. The van der Waals surface area contributed by atoms with Crippen molar-refractivity contribution >= 4 is 47.6 Å². The number of rotatable bonds is 45. The number of hydrogen-bond acceptors (Lipinski definition) is 12. The third-order valence-electron chi connectivity index (χ3n) is 9.35. The van der Waals surface area contributed by atoms with E-state index in [1.54, 1.807) is 0 Å². The molecule has 0 unspecified atom stereocenters. The second-order valence-corrected chi connectivity index (χ2v) is 14.7. The number of aldehydes is 1. The fraction of sp³-hybridized carbons (Fsp3) is 0.810. The van der Waals surface area contributed by atoms with Gasteiger partial charge < -0.3 is 49.7 Å². The number of carbonyl (C=O) groups excluding carboxylic acids is 5. The average Bonchev–Trinajstić information content (AvgIpc) is 3.19. The van der Waals surface area contributed by atoms with E-state index in [0.29, 0.717) is 25.7 Å². The van der Waals surface area contributed by atoms with Crippen molar-refractivity contribution in [3.8, 4) is 0 Å². The number of aliphatic carboxylic acids is 3. The lowest BCUT2D eigenvalue weighted by Crippen LogP contribution is -2.41. The molecule has 0 aliphatic rings. The first kappa shape index (κ1) is 55.2. The van der Waals surface area contributed by atoms with Crippen LogP contribution in [0.3, 0.4) is 0 Å². The Morgan fingerprint density at radius 3 is 1.53 bits per heavy atom. The molecule has 0 bridgehead atoms. The predicted molar refractivity (Wildman–Crippen MR) is 217 cm³/mol. The van der Waals surface area contributed by atoms with Crippen LogP contribution < -0.4 is 10.6 Å². The largest absolute Gasteiger partial charge is 0.481 e. The highest BCUT2D eigenvalue weighted by Crippen LogP contribution is 2.14. The van der Waals surface area contributed by atoms with E-state index in [1.165, 1.54) is 44.9 Å². The van der Waals surface area contributed by atoms with Crippen LogP contribution in [0.25, 0.3) is 0 Å². The van der Waals surface area contributed by atoms with E-state index >= 15 is 0 Å². The lowest BCUT2D eigenvalue weighted by molar-refractivity contribution is -0.142. The number of carboxylic acid groups (broad SMARTS) is 3. The van der Waals surface area contributed by atoms with Gasteiger partial charge >= 0.3 is 17.9 Å². The molecular weight excluding hydrogens is 772 g/mol. The molecule has 2 amide bonds. The van der Waals surface area contributed by atoms with Crippen molar-refractivity contribution in [1.29, 1.82) is 0 Å². The molecule has 0 saturated heterocycles. The van der Waals surface area contributed by atoms with E-state index in [4.69, 9.17) is 29.2 Å². The Kier molecular flexibility index (Phi) is 37.1. The summed E-state index contributed by atoms with van der Waals surface area (Å²) < 4.78 is 21.2. The lowest BCUT2D eigenvalue weighted by Gasteiger charge is -2.14. The Balaban J connectivity index is 3.70. The van der Waals surface area contributed by atoms with Gasteiger partial charge in [0.25, 0.3) is 0 Å². The minimum Gasteiger partial charge on any atom is -0.481 e. The maximum absolute atomic E-state index is 12.3. The van der Waals surface area contributed by atoms with Crippen LogP contribution in [-0.4, -0.2) is 128 Å². The molecule has 0 aliphatic heterocycles. The van der Waals surface area contributed by atoms with Gasteiger partial charge in [-0.15, -0.1) is 0 Å². The zero-order valence-corrected chi connectivity index (χ0v) is 35.1. The van der Waals surface area contributed by atoms with Gasteiger partial charge in [-0.25, -0.2) is 4.79 Å². The first-order chi connectivity index (χ1) is 28.4. The van der Waals surface area contributed by atoms with Crippen LogP contribution in [0, 0.1) is 5.92 Å². The third-order valence-corrected chi connectivity index (χ3v) is 9.35. The first-order valence-electron chi connectivity index (χ1n) is 21.5. The van der Waals surface area contributed by atoms with E-state index < -0.39 is 29.9 Å². The summed E-state index contributed by atoms with van der Waals surface area (Å²) >= 11 is 0. The van der Waals surface area contributed by atoms with Crippen molar-refractivity contribution in [2.45, 2.75) is 154 Å². The highest BCUT2D eigenvalue weighted by molar-refractivity contribution is 5.85. The molecule has 0 rings (SSSR count). The van der Waals surface area contributed by atoms with Gasteiger partial charge in [-0.2, -0.15) is 0 Å². The van der Waals surface area contributed by atoms with Crippen molar-refractivity contribution in [2.75, 3.05) is 59.4 Å². The summed E-state index contributed by atoms with van der Waals surface area (Å²) in [6.07, 6.45) is 16.7. The number of amides is 2. The van der Waals surface area contributed by atoms with Crippen molar-refractivity contribution in [2.24, 2.45) is 5.92 Å². The molecule has 17 heteroatoms. The Hall–Kier alpha value is -3.80. The number of ether oxygens (including phenoxy) is 4. The van der Waals surface area contributed by atoms with Gasteiger partial charge in [0.2, 0.25) is 11.8 Å². The molecule has 0 fully saturated rings. The molecule has 5 N–H and O–H groups in total. The Morgan fingerprint density at radius 2 is 0.983 bits per heavy atom. The molecule has 0 aromatic heterocycles. The van der Waals surface area contributed by atoms with Crippen LogP contribution in [0.4, 0.5) is 0 Å². The fourth-order valence-corrected chi connectivity index (χ4v) is 5.99. The maximum Gasteiger partial charge on any atom is 0.326 e. The molecule has 0 spiro atoms. The van der Waals surface area contributed by atoms with Gasteiger partial charge in [0.15, 0.2) is 5.78 Å². The second-order valence-electron chi connectivity index (χ2n) is 14.7. The summed E-state index contributed by atoms with van der Waals surface area (Å²) in [6, 6.07) is -1.11. The molecule has 59 heavy (non-hydrogen) atoms. The number of hydrogen-bond donors (Lipinski definition) is 5. The van der Waals surface area contributed by atoms with E-state index in [2.05, 4.69) is 10.6 Å². The highest BCUT2D eigenvalue weighted by Gasteiger charge is 2.21. The zero-order valence-electron chi connectivity index (χ0n) is 35.1. The van der Waals surface area contributed by atoms with Crippen LogP contribution >= 0.6 is 0 Å². The summed E-state index contributed by atoms with van der Waals surface area (Å²) in [6.45, 7) is 1.08. The van der Waals surface area contributed by atoms with Crippen molar-refractivity contribution in [3.63, 3.8) is 0 Å². The highest BCUT2D eigenvalue weighted by atomic mass is 16.5. The van der Waals surface area contributed by atoms with Crippen LogP contribution in [0.15, 0.2) is 0 Å². The van der Waals surface area contributed by atoms with E-state index in [9.17, 15) is 43.5 Å². The Morgan fingerprint density at radius 1 is 0.475 bits per heavy atom. The van der Waals surface area contributed by atoms with Crippen molar-refractivity contribution < 1.29 is 72.6 Å². The van der Waals surface area contributed by atoms with Crippen molar-refractivity contribution in [3.05, 3.63) is 0 Å². The number of nitrogens with one attached hydrogen (secondary N) is 2. The second kappa shape index (κ2) is 39.6. The normalized spacial score (nSPS) is 12.1. The van der Waals surface area contributed by atoms with E-state index in [1.807, 2.05) is 0 Å². The fourth-order valence-electron chi connectivity index (χ4n) is 5.99. The van der Waals surface area contributed by atoms with Crippen molar-refractivity contribution in [1.82, 2.24) is 10.6 Å². The predicted octanol–water partition coefficient (Wildman–Crippen LogP) is 4.83. The molecule has 2 atom stereocenters. The van der Waals surface area contributed by atoms with Crippen LogP contribution in [-0.2, 0) is 57.3 Å². The number of carboxylic acids is 3. The van der Waals surface area contributed by atoms with E-state index in [-0.39, 0.29) is 128 Å². The van der Waals surface area contributed by atoms with Crippen LogP contribution in [0.1, 0.15) is 148 Å². The molecule has 0 aliphatic carbocycles. The molecule has 0 radical (unpaired) electrons. The topological polar surface area (TPSA) is 258 Å². The van der Waals surface area contributed by atoms with Gasteiger partial charge in [0.1, 0.15) is 31.3 Å². The summed E-state index contributed by atoms with van der Waals surface area (Å²) in [5.74, 6) is -4.64. The first-order valence-corrected chi connectivity index (χ1v) is 21.5. The van der Waals surface area contributed by atoms with Gasteiger partial charge in [-0.1, -0.05) is 77.0 Å². The molecular formula is C42H72N2O15. The number of unbranched alkanes of at least 4 members (excludes halogenated alkanes) is 13. The molecule has 0 aromatic rings. The molecule has 17 nitrogen and oxygen atoms in total. The quantitative estimate of drug-likeness (QED) is 0.0406. The summed E-state index contributed by atoms with van der Waals surface area (Å²) in [4.78, 5) is 92.1. The van der Waals surface area contributed by atoms with Gasteiger partial charge in [0.05, 0.1) is 33.0 Å². The van der Waals surface area contributed by atoms with Crippen LogP contribution in [0.2, 0.25) is 0 Å². The monoisotopic (exact) mass is 844 g/mol. The summed E-state index contributed by atoms with van der Waals surface area (Å²) in [5, 5.41) is 32.0. The molecule has 0 aromatic carbocycles. The maximum atomic E-state index is 12.3. The number of carbonyl (C=O) groups is 8. The zero-order chi connectivity index (χ0) is 43.8. The minimum atomic E-state index is -1.17. The van der Waals surface area contributed by atoms with Gasteiger partial charge in [0, 0.05) is 57.6 Å². The minimum absolute atomic E-state index is 0.0245. The summed E-state index contributed by atoms with van der Waals surface area (Å²) in [7, 11) is 0. The standard InChI is InChI=1S/C42H72N2O15/c45-31-34(19-22-41(52)53)30-36(47)32-58-28-27-57-25-23-43-39(49)33-59-29-26-56-24-15-16-35(46)20-21-37(42(54)55)44-38(48)17-13-11-9-7-5-3-1-2-4-6-8-10-12-14-18-40(50)51/h31,34,37H,1-30,32-33H2,(H,43,49)(H,44,48)(H,50,51)(H,52,53)(H,54,55)/t34-,37+/m1/s1. The van der Waals surface area contributed by atoms with E-state index in [0.717, 1.165) is 38.5 Å². The summed E-state index contributed by atoms with van der Waals surface area (Å²) in [5.41, 5.74) is 0. The average molecular weight is 845 g/mol.